The molecule has 0 aliphatic heterocycles. The molecule has 0 N–H and O–H groups in total. The van der Waals surface area contributed by atoms with Crippen molar-refractivity contribution in [3.8, 4) is 22.7 Å². The van der Waals surface area contributed by atoms with Crippen molar-refractivity contribution in [3.05, 3.63) is 206 Å². The van der Waals surface area contributed by atoms with Gasteiger partial charge in [0.15, 0.2) is 0 Å². The number of hydrogen-bond acceptors (Lipinski definition) is 0. The van der Waals surface area contributed by atoms with Gasteiger partial charge in [0.2, 0.25) is 0 Å². The molecule has 294 valence electrons. The van der Waals surface area contributed by atoms with E-state index in [9.17, 15) is 0 Å². The standard InChI is InChI=1S/C55H33F3N4/c56-55(57,58)54-50(61-44-26-11-5-20-38(44)52-46(28-13-30-48(52)61)59-40-22-7-1-16-34(40)35-17-2-8-23-41(35)59)32-15-33-51(54)62-45-27-12-6-21-39(45)53-47(29-14-31-49(53)62)60-42-24-9-3-18-36(42)37-19-4-10-25-43(37)60/h1-33H. The van der Waals surface area contributed by atoms with E-state index in [1.165, 1.54) is 0 Å². The van der Waals surface area contributed by atoms with Crippen LogP contribution < -0.4 is 0 Å². The topological polar surface area (TPSA) is 19.7 Å². The average molecular weight is 807 g/mol. The van der Waals surface area contributed by atoms with E-state index in [4.69, 9.17) is 0 Å². The van der Waals surface area contributed by atoms with E-state index in [0.717, 1.165) is 76.5 Å². The van der Waals surface area contributed by atoms with Gasteiger partial charge in [0.05, 0.1) is 66.9 Å². The minimum Gasteiger partial charge on any atom is -0.309 e. The molecule has 0 amide bonds. The summed E-state index contributed by atoms with van der Waals surface area (Å²) < 4.78 is 57.2. The van der Waals surface area contributed by atoms with Crippen LogP contribution in [0.5, 0.6) is 0 Å². The van der Waals surface area contributed by atoms with Gasteiger partial charge in [-0.25, -0.2) is 0 Å². The molecule has 0 spiro atoms. The third kappa shape index (κ3) is 4.67. The second kappa shape index (κ2) is 12.7. The lowest BCUT2D eigenvalue weighted by Gasteiger charge is -2.21. The van der Waals surface area contributed by atoms with E-state index in [-0.39, 0.29) is 11.4 Å². The fourth-order valence-electron chi connectivity index (χ4n) is 10.4. The zero-order valence-electron chi connectivity index (χ0n) is 33.0. The lowest BCUT2D eigenvalue weighted by molar-refractivity contribution is -0.137. The molecule has 0 saturated carbocycles. The first-order valence-corrected chi connectivity index (χ1v) is 20.7. The largest absolute Gasteiger partial charge is 0.420 e. The van der Waals surface area contributed by atoms with E-state index in [1.807, 2.05) is 130 Å². The lowest BCUT2D eigenvalue weighted by atomic mass is 10.1. The third-order valence-electron chi connectivity index (χ3n) is 12.8. The molecule has 4 heterocycles. The Labute approximate surface area is 352 Å². The van der Waals surface area contributed by atoms with Gasteiger partial charge in [-0.15, -0.1) is 0 Å². The van der Waals surface area contributed by atoms with Gasteiger partial charge in [-0.05, 0) is 72.8 Å². The molecule has 7 heteroatoms. The van der Waals surface area contributed by atoms with Crippen molar-refractivity contribution in [2.24, 2.45) is 0 Å². The Morgan fingerprint density at radius 1 is 0.242 bits per heavy atom. The van der Waals surface area contributed by atoms with Gasteiger partial charge in [-0.1, -0.05) is 127 Å². The maximum Gasteiger partial charge on any atom is 0.420 e. The summed E-state index contributed by atoms with van der Waals surface area (Å²) >= 11 is 0. The van der Waals surface area contributed by atoms with Crippen LogP contribution in [0.3, 0.4) is 0 Å². The number of hydrogen-bond donors (Lipinski definition) is 0. The second-order valence-electron chi connectivity index (χ2n) is 16.0. The van der Waals surface area contributed by atoms with Crippen LogP contribution in [0, 0.1) is 0 Å². The van der Waals surface area contributed by atoms with Crippen LogP contribution in [0.25, 0.3) is 110 Å². The predicted octanol–water partition coefficient (Wildman–Crippen LogP) is 15.1. The molecule has 13 rings (SSSR count). The molecule has 13 aromatic rings. The fourth-order valence-corrected chi connectivity index (χ4v) is 10.4. The summed E-state index contributed by atoms with van der Waals surface area (Å²) in [6, 6.07) is 65.8. The monoisotopic (exact) mass is 806 g/mol. The highest BCUT2D eigenvalue weighted by molar-refractivity contribution is 6.18. The Kier molecular flexibility index (Phi) is 7.15. The molecule has 9 aromatic carbocycles. The van der Waals surface area contributed by atoms with Gasteiger partial charge in [0.25, 0.3) is 0 Å². The Bertz CT molecular complexity index is 3630. The molecule has 4 nitrogen and oxygen atoms in total. The van der Waals surface area contributed by atoms with Gasteiger partial charge in [-0.2, -0.15) is 13.2 Å². The maximum absolute atomic E-state index is 16.4. The maximum atomic E-state index is 16.4. The summed E-state index contributed by atoms with van der Waals surface area (Å²) in [7, 11) is 0. The highest BCUT2D eigenvalue weighted by Gasteiger charge is 2.39. The van der Waals surface area contributed by atoms with Crippen LogP contribution in [-0.4, -0.2) is 18.3 Å². The number of para-hydroxylation sites is 6. The number of benzene rings is 9. The van der Waals surface area contributed by atoms with Gasteiger partial charge < -0.3 is 18.3 Å². The van der Waals surface area contributed by atoms with Crippen molar-refractivity contribution >= 4 is 87.2 Å². The molecule has 0 unspecified atom stereocenters. The molecule has 0 aliphatic rings. The Hall–Kier alpha value is -8.03. The number of nitrogens with zero attached hydrogens (tertiary/aromatic N) is 4. The first kappa shape index (κ1) is 34.8. The highest BCUT2D eigenvalue weighted by Crippen LogP contribution is 2.47. The third-order valence-corrected chi connectivity index (χ3v) is 12.8. The van der Waals surface area contributed by atoms with E-state index in [2.05, 4.69) is 69.8 Å². The summed E-state index contributed by atoms with van der Waals surface area (Å²) in [4.78, 5) is 0. The zero-order valence-corrected chi connectivity index (χ0v) is 33.0. The van der Waals surface area contributed by atoms with Crippen LogP contribution >= 0.6 is 0 Å². The SMILES string of the molecule is FC(F)(F)c1c(-n2c3ccccc3c3c(-n4c5ccccc5c5ccccc54)cccc32)cccc1-n1c2ccccc2c2c(-n3c4ccccc4c4ccccc43)cccc21. The predicted molar refractivity (Wildman–Crippen MR) is 249 cm³/mol. The lowest BCUT2D eigenvalue weighted by Crippen LogP contribution is -2.15. The summed E-state index contributed by atoms with van der Waals surface area (Å²) in [5.74, 6) is 0. The first-order valence-electron chi connectivity index (χ1n) is 20.7. The molecule has 0 fully saturated rings. The van der Waals surface area contributed by atoms with Crippen LogP contribution in [-0.2, 0) is 6.18 Å². The number of fused-ring (bicyclic) bond motifs is 12. The average Bonchev–Trinajstić information content (AvgIpc) is 4.04. The van der Waals surface area contributed by atoms with Crippen molar-refractivity contribution in [2.45, 2.75) is 6.18 Å². The van der Waals surface area contributed by atoms with Crippen molar-refractivity contribution in [1.82, 2.24) is 18.3 Å². The Morgan fingerprint density at radius 3 is 0.823 bits per heavy atom. The van der Waals surface area contributed by atoms with E-state index >= 15 is 13.2 Å². The van der Waals surface area contributed by atoms with Crippen molar-refractivity contribution in [1.29, 1.82) is 0 Å². The summed E-state index contributed by atoms with van der Waals surface area (Å²) in [6.07, 6.45) is -4.74. The fraction of sp³-hybridized carbons (Fsp3) is 0.0182. The van der Waals surface area contributed by atoms with Crippen molar-refractivity contribution in [2.75, 3.05) is 0 Å². The normalized spacial score (nSPS) is 12.4. The molecule has 0 atom stereocenters. The number of aromatic nitrogens is 4. The molecule has 0 radical (unpaired) electrons. The van der Waals surface area contributed by atoms with Crippen LogP contribution in [0.4, 0.5) is 13.2 Å². The van der Waals surface area contributed by atoms with Gasteiger partial charge in [0.1, 0.15) is 5.56 Å². The van der Waals surface area contributed by atoms with Gasteiger partial charge in [-0.3, -0.25) is 0 Å². The van der Waals surface area contributed by atoms with Gasteiger partial charge >= 0.3 is 6.18 Å². The number of alkyl halides is 3. The molecule has 0 saturated heterocycles. The zero-order chi connectivity index (χ0) is 41.3. The Balaban J connectivity index is 1.12. The molecular weight excluding hydrogens is 774 g/mol. The summed E-state index contributed by atoms with van der Waals surface area (Å²) in [5.41, 5.74) is 8.08. The van der Waals surface area contributed by atoms with Crippen LogP contribution in [0.2, 0.25) is 0 Å². The Morgan fingerprint density at radius 2 is 0.484 bits per heavy atom. The van der Waals surface area contributed by atoms with Crippen molar-refractivity contribution in [3.63, 3.8) is 0 Å². The molecule has 62 heavy (non-hydrogen) atoms. The van der Waals surface area contributed by atoms with Crippen molar-refractivity contribution < 1.29 is 13.2 Å². The summed E-state index contributed by atoms with van der Waals surface area (Å²) in [5, 5.41) is 7.94. The smallest absolute Gasteiger partial charge is 0.309 e. The quantitative estimate of drug-likeness (QED) is 0.169. The minimum absolute atomic E-state index is 0.0602. The molecule has 0 aliphatic carbocycles. The first-order chi connectivity index (χ1) is 30.5. The highest BCUT2D eigenvalue weighted by atomic mass is 19.4. The molecule has 4 aromatic heterocycles. The van der Waals surface area contributed by atoms with E-state index in [0.29, 0.717) is 22.1 Å². The van der Waals surface area contributed by atoms with Crippen LogP contribution in [0.15, 0.2) is 200 Å². The molecule has 0 bridgehead atoms. The number of halogens is 3. The van der Waals surface area contributed by atoms with Crippen LogP contribution in [0.1, 0.15) is 5.56 Å². The van der Waals surface area contributed by atoms with Gasteiger partial charge in [0, 0.05) is 43.1 Å². The van der Waals surface area contributed by atoms with E-state index < -0.39 is 11.7 Å². The molecular formula is C55H33F3N4. The number of rotatable bonds is 4. The minimum atomic E-state index is -4.74. The second-order valence-corrected chi connectivity index (χ2v) is 16.0. The summed E-state index contributed by atoms with van der Waals surface area (Å²) in [6.45, 7) is 0. The van der Waals surface area contributed by atoms with E-state index in [1.54, 1.807) is 18.2 Å².